The molecule has 0 aromatic heterocycles. The lowest BCUT2D eigenvalue weighted by molar-refractivity contribution is -0.145. The van der Waals surface area contributed by atoms with Crippen LogP contribution >= 0.6 is 0 Å². The van der Waals surface area contributed by atoms with Gasteiger partial charge in [0.25, 0.3) is 0 Å². The summed E-state index contributed by atoms with van der Waals surface area (Å²) in [5, 5.41) is 9.69. The van der Waals surface area contributed by atoms with E-state index in [1.807, 2.05) is 0 Å². The van der Waals surface area contributed by atoms with Crippen molar-refractivity contribution in [2.45, 2.75) is 43.9 Å². The van der Waals surface area contributed by atoms with E-state index in [2.05, 4.69) is 0 Å². The summed E-state index contributed by atoms with van der Waals surface area (Å²) in [6, 6.07) is 2.96. The van der Waals surface area contributed by atoms with Crippen LogP contribution in [0.15, 0.2) is 12.1 Å². The van der Waals surface area contributed by atoms with Gasteiger partial charge in [0.1, 0.15) is 11.6 Å². The molecule has 1 heterocycles. The third kappa shape index (κ3) is 1.81. The molecule has 0 bridgehead atoms. The lowest BCUT2D eigenvalue weighted by atomic mass is 9.67. The Balaban J connectivity index is 2.18. The molecule has 3 nitrogen and oxygen atoms in total. The van der Waals surface area contributed by atoms with Gasteiger partial charge in [0.05, 0.1) is 12.0 Å². The second-order valence-corrected chi connectivity index (χ2v) is 5.45. The zero-order chi connectivity index (χ0) is 13.5. The summed E-state index contributed by atoms with van der Waals surface area (Å²) >= 11 is 0. The smallest absolute Gasteiger partial charge is 0.314 e. The minimum atomic E-state index is -1.05. The summed E-state index contributed by atoms with van der Waals surface area (Å²) in [6.45, 7) is 0.515. The lowest BCUT2D eigenvalue weighted by Gasteiger charge is -2.35. The van der Waals surface area contributed by atoms with E-state index in [0.717, 1.165) is 24.8 Å². The van der Waals surface area contributed by atoms with Gasteiger partial charge < -0.3 is 9.84 Å². The van der Waals surface area contributed by atoms with Crippen molar-refractivity contribution in [3.8, 4) is 5.75 Å². The Morgan fingerprint density at radius 1 is 1.26 bits per heavy atom. The van der Waals surface area contributed by atoms with E-state index in [4.69, 9.17) is 4.74 Å². The van der Waals surface area contributed by atoms with Crippen molar-refractivity contribution in [2.24, 2.45) is 0 Å². The molecule has 19 heavy (non-hydrogen) atoms. The Bertz CT molecular complexity index is 518. The first kappa shape index (κ1) is 12.5. The van der Waals surface area contributed by atoms with Gasteiger partial charge >= 0.3 is 5.97 Å². The molecule has 0 radical (unpaired) electrons. The highest BCUT2D eigenvalue weighted by molar-refractivity contribution is 5.82. The van der Waals surface area contributed by atoms with E-state index in [9.17, 15) is 14.3 Å². The van der Waals surface area contributed by atoms with Crippen LogP contribution in [0.5, 0.6) is 5.75 Å². The maximum atomic E-state index is 14.3. The second kappa shape index (κ2) is 4.51. The number of carboxylic acids is 1. The van der Waals surface area contributed by atoms with Gasteiger partial charge in [0.2, 0.25) is 0 Å². The summed E-state index contributed by atoms with van der Waals surface area (Å²) in [5.41, 5.74) is 0.0977. The van der Waals surface area contributed by atoms with Crippen molar-refractivity contribution in [3.05, 3.63) is 29.1 Å². The maximum absolute atomic E-state index is 14.3. The van der Waals surface area contributed by atoms with Gasteiger partial charge in [-0.05, 0) is 25.0 Å². The van der Waals surface area contributed by atoms with Crippen LogP contribution in [0.3, 0.4) is 0 Å². The van der Waals surface area contributed by atoms with Gasteiger partial charge in [-0.2, -0.15) is 0 Å². The van der Waals surface area contributed by atoms with Crippen molar-refractivity contribution in [2.75, 3.05) is 6.61 Å². The maximum Gasteiger partial charge on any atom is 0.314 e. The van der Waals surface area contributed by atoms with Gasteiger partial charge in [0, 0.05) is 17.5 Å². The molecular weight excluding hydrogens is 247 g/mol. The van der Waals surface area contributed by atoms with Gasteiger partial charge in [-0.25, -0.2) is 4.39 Å². The number of fused-ring (bicyclic) bond motifs is 1. The van der Waals surface area contributed by atoms with E-state index in [-0.39, 0.29) is 0 Å². The number of hydrogen-bond donors (Lipinski definition) is 1. The van der Waals surface area contributed by atoms with E-state index in [0.29, 0.717) is 37.2 Å². The van der Waals surface area contributed by atoms with Gasteiger partial charge in [-0.15, -0.1) is 0 Å². The van der Waals surface area contributed by atoms with Gasteiger partial charge in [-0.1, -0.05) is 19.3 Å². The lowest BCUT2D eigenvalue weighted by Crippen LogP contribution is -2.39. The van der Waals surface area contributed by atoms with Crippen LogP contribution in [0.1, 0.15) is 43.2 Å². The van der Waals surface area contributed by atoms with Crippen LogP contribution in [0, 0.1) is 5.82 Å². The number of hydrogen-bond acceptors (Lipinski definition) is 2. The minimum absolute atomic E-state index is 0.384. The zero-order valence-electron chi connectivity index (χ0n) is 10.7. The Kier molecular flexibility index (Phi) is 2.96. The first-order chi connectivity index (χ1) is 9.15. The fraction of sp³-hybridized carbons (Fsp3) is 0.533. The molecule has 0 amide bonds. The number of ether oxygens (including phenoxy) is 1. The molecule has 2 aliphatic rings. The molecule has 0 spiro atoms. The Labute approximate surface area is 111 Å². The number of carboxylic acid groups (broad SMARTS) is 1. The average Bonchev–Trinajstić information content (AvgIpc) is 2.87. The zero-order valence-corrected chi connectivity index (χ0v) is 10.7. The minimum Gasteiger partial charge on any atom is -0.493 e. The Morgan fingerprint density at radius 3 is 2.68 bits per heavy atom. The molecule has 0 unspecified atom stereocenters. The molecule has 1 aromatic rings. The number of rotatable bonds is 2. The van der Waals surface area contributed by atoms with Crippen LogP contribution in [0.4, 0.5) is 4.39 Å². The summed E-state index contributed by atoms with van der Waals surface area (Å²) in [4.78, 5) is 11.8. The molecule has 1 saturated carbocycles. The summed E-state index contributed by atoms with van der Waals surface area (Å²) < 4.78 is 19.8. The van der Waals surface area contributed by atoms with E-state index in [1.165, 1.54) is 6.07 Å². The highest BCUT2D eigenvalue weighted by Crippen LogP contribution is 2.45. The van der Waals surface area contributed by atoms with Crippen molar-refractivity contribution in [3.63, 3.8) is 0 Å². The van der Waals surface area contributed by atoms with Crippen molar-refractivity contribution in [1.82, 2.24) is 0 Å². The molecule has 1 aromatic carbocycles. The number of aliphatic carboxylic acids is 1. The summed E-state index contributed by atoms with van der Waals surface area (Å²) in [7, 11) is 0. The fourth-order valence-electron chi connectivity index (χ4n) is 3.49. The second-order valence-electron chi connectivity index (χ2n) is 5.45. The van der Waals surface area contributed by atoms with Gasteiger partial charge in [0.15, 0.2) is 0 Å². The van der Waals surface area contributed by atoms with Crippen LogP contribution in [-0.4, -0.2) is 17.7 Å². The Hall–Kier alpha value is -1.58. The molecule has 0 saturated heterocycles. The highest BCUT2D eigenvalue weighted by Gasteiger charge is 2.45. The topological polar surface area (TPSA) is 46.5 Å². The van der Waals surface area contributed by atoms with Crippen molar-refractivity contribution in [1.29, 1.82) is 0 Å². The number of carbonyl (C=O) groups is 1. The largest absolute Gasteiger partial charge is 0.493 e. The van der Waals surface area contributed by atoms with E-state index in [1.54, 1.807) is 6.07 Å². The molecule has 1 fully saturated rings. The average molecular weight is 264 g/mol. The first-order valence-electron chi connectivity index (χ1n) is 6.83. The molecule has 4 heteroatoms. The molecule has 0 atom stereocenters. The molecule has 3 rings (SSSR count). The monoisotopic (exact) mass is 264 g/mol. The molecule has 1 aliphatic heterocycles. The van der Waals surface area contributed by atoms with Crippen LogP contribution in [-0.2, 0) is 16.6 Å². The quantitative estimate of drug-likeness (QED) is 0.893. The third-order valence-corrected chi connectivity index (χ3v) is 4.42. The molecule has 102 valence electrons. The number of benzene rings is 1. The van der Waals surface area contributed by atoms with Crippen LogP contribution < -0.4 is 4.74 Å². The molecular formula is C15H17FO3. The first-order valence-corrected chi connectivity index (χ1v) is 6.83. The predicted molar refractivity (Wildman–Crippen MR) is 68.0 cm³/mol. The summed E-state index contributed by atoms with van der Waals surface area (Å²) in [5.74, 6) is -0.637. The van der Waals surface area contributed by atoms with E-state index >= 15 is 0 Å². The standard InChI is InChI=1S/C15H17FO3/c16-11-4-5-12-10(6-9-19-12)13(11)15(14(17)18)7-2-1-3-8-15/h4-5H,1-3,6-9H2,(H,17,18). The normalized spacial score (nSPS) is 20.7. The van der Waals surface area contributed by atoms with Crippen LogP contribution in [0.2, 0.25) is 0 Å². The SMILES string of the molecule is O=C(O)C1(c2c(F)ccc3c2CCO3)CCCCC1. The van der Waals surface area contributed by atoms with Crippen molar-refractivity contribution < 1.29 is 19.0 Å². The molecule has 1 aliphatic carbocycles. The summed E-state index contributed by atoms with van der Waals surface area (Å²) in [6.07, 6.45) is 4.37. The highest BCUT2D eigenvalue weighted by atomic mass is 19.1. The number of halogens is 1. The van der Waals surface area contributed by atoms with Gasteiger partial charge in [-0.3, -0.25) is 4.79 Å². The predicted octanol–water partition coefficient (Wildman–Crippen LogP) is 3.05. The Morgan fingerprint density at radius 2 is 2.00 bits per heavy atom. The van der Waals surface area contributed by atoms with E-state index < -0.39 is 17.2 Å². The van der Waals surface area contributed by atoms with Crippen LogP contribution in [0.25, 0.3) is 0 Å². The van der Waals surface area contributed by atoms with Crippen molar-refractivity contribution >= 4 is 5.97 Å². The molecule has 1 N–H and O–H groups in total. The fourth-order valence-corrected chi connectivity index (χ4v) is 3.49. The third-order valence-electron chi connectivity index (χ3n) is 4.42.